The highest BCUT2D eigenvalue weighted by Gasteiger charge is 2.26. The van der Waals surface area contributed by atoms with Crippen LogP contribution >= 0.6 is 15.9 Å². The van der Waals surface area contributed by atoms with Crippen molar-refractivity contribution >= 4 is 27.5 Å². The topological polar surface area (TPSA) is 34.0 Å². The van der Waals surface area contributed by atoms with Gasteiger partial charge in [0.25, 0.3) is 5.91 Å². The van der Waals surface area contributed by atoms with Gasteiger partial charge in [-0.05, 0) is 59.1 Å². The van der Waals surface area contributed by atoms with E-state index in [4.69, 9.17) is 0 Å². The van der Waals surface area contributed by atoms with Crippen LogP contribution < -0.4 is 5.32 Å². The molecule has 1 aliphatic rings. The molecule has 1 N–H and O–H groups in total. The molecule has 0 saturated heterocycles. The molecule has 19 heavy (non-hydrogen) atoms. The van der Waals surface area contributed by atoms with E-state index in [0.717, 1.165) is 12.8 Å². The largest absolute Gasteiger partial charge is 0.340 e. The van der Waals surface area contributed by atoms with Crippen LogP contribution in [-0.4, -0.2) is 10.5 Å². The standard InChI is InChI=1S/C14H12BrFN2O/c15-11-8-9(3-6-12(11)16)17-14(19)13-2-1-7-18(13)10-4-5-10/h1-3,6-8,10H,4-5H2,(H,17,19). The molecule has 1 fully saturated rings. The molecule has 1 aliphatic carbocycles. The van der Waals surface area contributed by atoms with Crippen molar-refractivity contribution in [2.75, 3.05) is 5.32 Å². The van der Waals surface area contributed by atoms with Gasteiger partial charge in [0.15, 0.2) is 0 Å². The van der Waals surface area contributed by atoms with Gasteiger partial charge >= 0.3 is 0 Å². The quantitative estimate of drug-likeness (QED) is 0.911. The molecule has 0 radical (unpaired) electrons. The van der Waals surface area contributed by atoms with E-state index in [-0.39, 0.29) is 11.7 Å². The fourth-order valence-electron chi connectivity index (χ4n) is 2.03. The molecular formula is C14H12BrFN2O. The summed E-state index contributed by atoms with van der Waals surface area (Å²) in [6, 6.07) is 8.54. The van der Waals surface area contributed by atoms with Crippen LogP contribution in [0.4, 0.5) is 10.1 Å². The third-order valence-electron chi connectivity index (χ3n) is 3.13. The zero-order valence-corrected chi connectivity index (χ0v) is 11.7. The van der Waals surface area contributed by atoms with E-state index in [9.17, 15) is 9.18 Å². The zero-order chi connectivity index (χ0) is 13.4. The molecule has 0 unspecified atom stereocenters. The second kappa shape index (κ2) is 4.81. The van der Waals surface area contributed by atoms with Gasteiger partial charge in [0, 0.05) is 17.9 Å². The fraction of sp³-hybridized carbons (Fsp3) is 0.214. The lowest BCUT2D eigenvalue weighted by atomic mass is 10.3. The molecule has 1 aromatic heterocycles. The maximum Gasteiger partial charge on any atom is 0.272 e. The SMILES string of the molecule is O=C(Nc1ccc(F)c(Br)c1)c1cccn1C1CC1. The van der Waals surface area contributed by atoms with Crippen molar-refractivity contribution in [3.05, 3.63) is 52.5 Å². The van der Waals surface area contributed by atoms with E-state index in [1.807, 2.05) is 16.8 Å². The van der Waals surface area contributed by atoms with Gasteiger partial charge in [0.2, 0.25) is 0 Å². The third-order valence-corrected chi connectivity index (χ3v) is 3.74. The molecule has 1 saturated carbocycles. The molecule has 0 atom stereocenters. The van der Waals surface area contributed by atoms with Crippen LogP contribution in [-0.2, 0) is 0 Å². The molecule has 0 spiro atoms. The highest BCUT2D eigenvalue weighted by molar-refractivity contribution is 9.10. The van der Waals surface area contributed by atoms with Crippen LogP contribution in [0.2, 0.25) is 0 Å². The van der Waals surface area contributed by atoms with Crippen LogP contribution in [0.3, 0.4) is 0 Å². The van der Waals surface area contributed by atoms with Crippen molar-refractivity contribution in [3.8, 4) is 0 Å². The predicted octanol–water partition coefficient (Wildman–Crippen LogP) is 3.98. The maximum atomic E-state index is 13.1. The van der Waals surface area contributed by atoms with Crippen LogP contribution in [0.1, 0.15) is 29.4 Å². The Morgan fingerprint density at radius 3 is 2.84 bits per heavy atom. The number of halogens is 2. The van der Waals surface area contributed by atoms with Gasteiger partial charge in [-0.3, -0.25) is 4.79 Å². The monoisotopic (exact) mass is 322 g/mol. The van der Waals surface area contributed by atoms with Gasteiger partial charge < -0.3 is 9.88 Å². The first-order valence-electron chi connectivity index (χ1n) is 6.08. The van der Waals surface area contributed by atoms with Crippen molar-refractivity contribution in [1.29, 1.82) is 0 Å². The molecule has 1 heterocycles. The van der Waals surface area contributed by atoms with Crippen molar-refractivity contribution in [2.24, 2.45) is 0 Å². The zero-order valence-electron chi connectivity index (χ0n) is 10.1. The summed E-state index contributed by atoms with van der Waals surface area (Å²) in [6.45, 7) is 0. The normalized spacial score (nSPS) is 14.4. The van der Waals surface area contributed by atoms with Gasteiger partial charge in [0.1, 0.15) is 11.5 Å². The van der Waals surface area contributed by atoms with Gasteiger partial charge in [-0.25, -0.2) is 4.39 Å². The number of aromatic nitrogens is 1. The lowest BCUT2D eigenvalue weighted by Gasteiger charge is -2.09. The average Bonchev–Trinajstić information content (AvgIpc) is 3.11. The molecule has 5 heteroatoms. The van der Waals surface area contributed by atoms with Crippen molar-refractivity contribution in [3.63, 3.8) is 0 Å². The van der Waals surface area contributed by atoms with Gasteiger partial charge in [0.05, 0.1) is 4.47 Å². The van der Waals surface area contributed by atoms with Gasteiger partial charge in [-0.2, -0.15) is 0 Å². The first-order chi connectivity index (χ1) is 9.15. The Bertz CT molecular complexity index is 634. The Hall–Kier alpha value is -1.62. The smallest absolute Gasteiger partial charge is 0.272 e. The third kappa shape index (κ3) is 2.56. The number of rotatable bonds is 3. The number of carbonyl (C=O) groups excluding carboxylic acids is 1. The summed E-state index contributed by atoms with van der Waals surface area (Å²) in [5, 5.41) is 2.78. The second-order valence-corrected chi connectivity index (χ2v) is 5.47. The summed E-state index contributed by atoms with van der Waals surface area (Å²) in [4.78, 5) is 12.2. The number of hydrogen-bond donors (Lipinski definition) is 1. The molecule has 3 rings (SSSR count). The minimum atomic E-state index is -0.348. The number of benzene rings is 1. The van der Waals surface area contributed by atoms with E-state index in [0.29, 0.717) is 21.9 Å². The number of hydrogen-bond acceptors (Lipinski definition) is 1. The minimum absolute atomic E-state index is 0.171. The summed E-state index contributed by atoms with van der Waals surface area (Å²) in [5.41, 5.74) is 1.21. The van der Waals surface area contributed by atoms with Crippen LogP contribution in [0.5, 0.6) is 0 Å². The highest BCUT2D eigenvalue weighted by atomic mass is 79.9. The summed E-state index contributed by atoms with van der Waals surface area (Å²) in [7, 11) is 0. The molecule has 2 aromatic rings. The summed E-state index contributed by atoms with van der Waals surface area (Å²) in [6.07, 6.45) is 4.17. The Morgan fingerprint density at radius 2 is 2.16 bits per heavy atom. The van der Waals surface area contributed by atoms with E-state index < -0.39 is 0 Å². The van der Waals surface area contributed by atoms with Gasteiger partial charge in [-0.15, -0.1) is 0 Å². The van der Waals surface area contributed by atoms with E-state index in [2.05, 4.69) is 21.2 Å². The van der Waals surface area contributed by atoms with Crippen molar-refractivity contribution in [2.45, 2.75) is 18.9 Å². The summed E-state index contributed by atoms with van der Waals surface area (Å²) < 4.78 is 15.5. The van der Waals surface area contributed by atoms with E-state index >= 15 is 0 Å². The molecule has 1 amide bonds. The molecule has 0 bridgehead atoms. The summed E-state index contributed by atoms with van der Waals surface area (Å²) >= 11 is 3.10. The highest BCUT2D eigenvalue weighted by Crippen LogP contribution is 2.36. The lowest BCUT2D eigenvalue weighted by Crippen LogP contribution is -2.16. The Morgan fingerprint density at radius 1 is 1.37 bits per heavy atom. The van der Waals surface area contributed by atoms with Gasteiger partial charge in [-0.1, -0.05) is 0 Å². The number of carbonyl (C=O) groups is 1. The molecule has 98 valence electrons. The number of amides is 1. The van der Waals surface area contributed by atoms with Crippen LogP contribution in [0, 0.1) is 5.82 Å². The van der Waals surface area contributed by atoms with Crippen molar-refractivity contribution in [1.82, 2.24) is 4.57 Å². The van der Waals surface area contributed by atoms with Crippen molar-refractivity contribution < 1.29 is 9.18 Å². The first-order valence-corrected chi connectivity index (χ1v) is 6.87. The predicted molar refractivity (Wildman–Crippen MR) is 74.8 cm³/mol. The van der Waals surface area contributed by atoms with E-state index in [1.165, 1.54) is 6.07 Å². The number of nitrogens with zero attached hydrogens (tertiary/aromatic N) is 1. The maximum absolute atomic E-state index is 13.1. The molecule has 0 aliphatic heterocycles. The fourth-order valence-corrected chi connectivity index (χ4v) is 2.41. The first kappa shape index (κ1) is 12.4. The second-order valence-electron chi connectivity index (χ2n) is 4.61. The Kier molecular flexibility index (Phi) is 3.14. The Balaban J connectivity index is 1.80. The molecular weight excluding hydrogens is 311 g/mol. The minimum Gasteiger partial charge on any atom is -0.340 e. The molecule has 3 nitrogen and oxygen atoms in total. The number of nitrogens with one attached hydrogen (secondary N) is 1. The average molecular weight is 323 g/mol. The van der Waals surface area contributed by atoms with E-state index in [1.54, 1.807) is 18.2 Å². The summed E-state index contributed by atoms with van der Waals surface area (Å²) in [5.74, 6) is -0.519. The van der Waals surface area contributed by atoms with Crippen LogP contribution in [0.15, 0.2) is 41.0 Å². The molecule has 1 aromatic carbocycles. The number of anilines is 1. The lowest BCUT2D eigenvalue weighted by molar-refractivity contribution is 0.101. The Labute approximate surface area is 118 Å². The van der Waals surface area contributed by atoms with Crippen LogP contribution in [0.25, 0.3) is 0 Å².